The van der Waals surface area contributed by atoms with E-state index in [0.717, 1.165) is 5.82 Å². The zero-order valence-electron chi connectivity index (χ0n) is 11.6. The molecule has 0 atom stereocenters. The van der Waals surface area contributed by atoms with Crippen LogP contribution in [-0.2, 0) is 0 Å². The Hall–Kier alpha value is -1.65. The van der Waals surface area contributed by atoms with Gasteiger partial charge in [0.2, 0.25) is 0 Å². The predicted octanol–water partition coefficient (Wildman–Crippen LogP) is 2.22. The quantitative estimate of drug-likeness (QED) is 0.854. The van der Waals surface area contributed by atoms with Gasteiger partial charge in [0.15, 0.2) is 0 Å². The fraction of sp³-hybridized carbons (Fsp3) is 0.643. The van der Waals surface area contributed by atoms with Gasteiger partial charge in [0.1, 0.15) is 11.5 Å². The first-order valence-corrected chi connectivity index (χ1v) is 7.02. The number of carbonyl (C=O) groups is 1. The van der Waals surface area contributed by atoms with Crippen molar-refractivity contribution in [1.82, 2.24) is 15.3 Å². The summed E-state index contributed by atoms with van der Waals surface area (Å²) >= 11 is 0. The van der Waals surface area contributed by atoms with E-state index >= 15 is 0 Å². The summed E-state index contributed by atoms with van der Waals surface area (Å²) in [5.74, 6) is 1.03. The number of nitrogens with one attached hydrogen (secondary N) is 2. The summed E-state index contributed by atoms with van der Waals surface area (Å²) in [5.41, 5.74) is 0.373. The van der Waals surface area contributed by atoms with E-state index in [1.54, 1.807) is 6.20 Å². The average Bonchev–Trinajstić information content (AvgIpc) is 2.89. The third kappa shape index (κ3) is 4.19. The first-order chi connectivity index (χ1) is 9.15. The average molecular weight is 262 g/mol. The summed E-state index contributed by atoms with van der Waals surface area (Å²) in [7, 11) is 0. The maximum absolute atomic E-state index is 11.8. The van der Waals surface area contributed by atoms with Crippen LogP contribution in [0.25, 0.3) is 0 Å². The minimum absolute atomic E-state index is 0.159. The lowest BCUT2D eigenvalue weighted by Crippen LogP contribution is -2.28. The molecule has 2 rings (SSSR count). The predicted molar refractivity (Wildman–Crippen MR) is 75.1 cm³/mol. The molecule has 1 aromatic rings. The second kappa shape index (κ2) is 6.50. The van der Waals surface area contributed by atoms with Crippen LogP contribution in [0.1, 0.15) is 50.0 Å². The van der Waals surface area contributed by atoms with Crippen LogP contribution >= 0.6 is 0 Å². The molecule has 0 bridgehead atoms. The summed E-state index contributed by atoms with van der Waals surface area (Å²) in [6.45, 7) is 4.77. The van der Waals surface area contributed by atoms with Gasteiger partial charge in [-0.25, -0.2) is 9.97 Å². The van der Waals surface area contributed by atoms with Crippen LogP contribution in [0, 0.1) is 5.92 Å². The van der Waals surface area contributed by atoms with E-state index in [1.807, 2.05) is 0 Å². The summed E-state index contributed by atoms with van der Waals surface area (Å²) < 4.78 is 0. The highest BCUT2D eigenvalue weighted by atomic mass is 16.1. The van der Waals surface area contributed by atoms with Crippen LogP contribution < -0.4 is 10.6 Å². The van der Waals surface area contributed by atoms with Crippen molar-refractivity contribution in [3.8, 4) is 0 Å². The zero-order chi connectivity index (χ0) is 13.7. The van der Waals surface area contributed by atoms with E-state index in [0.29, 0.717) is 24.2 Å². The van der Waals surface area contributed by atoms with Gasteiger partial charge >= 0.3 is 0 Å². The fourth-order valence-electron chi connectivity index (χ4n) is 2.19. The van der Waals surface area contributed by atoms with Gasteiger partial charge in [-0.2, -0.15) is 0 Å². The topological polar surface area (TPSA) is 66.9 Å². The van der Waals surface area contributed by atoms with Gasteiger partial charge in [0, 0.05) is 12.6 Å². The molecule has 0 saturated heterocycles. The second-order valence-electron chi connectivity index (χ2n) is 5.52. The molecule has 1 aromatic heterocycles. The summed E-state index contributed by atoms with van der Waals surface area (Å²) in [6.07, 6.45) is 8.12. The molecular formula is C14H22N4O. The summed E-state index contributed by atoms with van der Waals surface area (Å²) in [5, 5.41) is 6.18. The molecule has 2 N–H and O–H groups in total. The van der Waals surface area contributed by atoms with Crippen LogP contribution in [0.15, 0.2) is 12.4 Å². The van der Waals surface area contributed by atoms with Crippen LogP contribution in [0.3, 0.4) is 0 Å². The Morgan fingerprint density at radius 1 is 1.32 bits per heavy atom. The first-order valence-electron chi connectivity index (χ1n) is 7.02. The highest BCUT2D eigenvalue weighted by molar-refractivity contribution is 5.91. The van der Waals surface area contributed by atoms with Gasteiger partial charge in [-0.05, 0) is 18.8 Å². The third-order valence-electron chi connectivity index (χ3n) is 3.26. The molecule has 1 fully saturated rings. The number of nitrogens with zero attached hydrogens (tertiary/aromatic N) is 2. The van der Waals surface area contributed by atoms with Crippen molar-refractivity contribution in [2.24, 2.45) is 5.92 Å². The van der Waals surface area contributed by atoms with Crippen molar-refractivity contribution in [2.45, 2.75) is 45.6 Å². The zero-order valence-corrected chi connectivity index (χ0v) is 11.6. The van der Waals surface area contributed by atoms with Gasteiger partial charge in [-0.3, -0.25) is 4.79 Å². The molecule has 1 aliphatic carbocycles. The molecule has 0 aromatic carbocycles. The molecular weight excluding hydrogens is 240 g/mol. The standard InChI is InChI=1S/C14H22N4O/c1-10(2)7-17-14(19)12-8-16-13(9-15-12)18-11-5-3-4-6-11/h8-11H,3-7H2,1-2H3,(H,16,18)(H,17,19). The number of carbonyl (C=O) groups excluding carboxylic acids is 1. The largest absolute Gasteiger partial charge is 0.366 e. The van der Waals surface area contributed by atoms with E-state index in [1.165, 1.54) is 31.9 Å². The molecule has 1 aliphatic rings. The molecule has 0 unspecified atom stereocenters. The van der Waals surface area contributed by atoms with E-state index < -0.39 is 0 Å². The molecule has 0 spiro atoms. The monoisotopic (exact) mass is 262 g/mol. The molecule has 1 saturated carbocycles. The summed E-state index contributed by atoms with van der Waals surface area (Å²) in [6, 6.07) is 0.509. The van der Waals surface area contributed by atoms with Gasteiger partial charge in [0.25, 0.3) is 5.91 Å². The van der Waals surface area contributed by atoms with E-state index in [-0.39, 0.29) is 5.91 Å². The minimum Gasteiger partial charge on any atom is -0.366 e. The van der Waals surface area contributed by atoms with Crippen molar-refractivity contribution >= 4 is 11.7 Å². The van der Waals surface area contributed by atoms with Crippen molar-refractivity contribution in [3.63, 3.8) is 0 Å². The Balaban J connectivity index is 1.88. The van der Waals surface area contributed by atoms with Crippen LogP contribution in [-0.4, -0.2) is 28.5 Å². The lowest BCUT2D eigenvalue weighted by atomic mass is 10.2. The van der Waals surface area contributed by atoms with E-state index in [9.17, 15) is 4.79 Å². The van der Waals surface area contributed by atoms with Crippen LogP contribution in [0.2, 0.25) is 0 Å². The van der Waals surface area contributed by atoms with Gasteiger partial charge in [-0.1, -0.05) is 26.7 Å². The van der Waals surface area contributed by atoms with Crippen molar-refractivity contribution in [3.05, 3.63) is 18.1 Å². The number of hydrogen-bond donors (Lipinski definition) is 2. The smallest absolute Gasteiger partial charge is 0.271 e. The highest BCUT2D eigenvalue weighted by Gasteiger charge is 2.15. The van der Waals surface area contributed by atoms with Gasteiger partial charge < -0.3 is 10.6 Å². The minimum atomic E-state index is -0.159. The number of rotatable bonds is 5. The first kappa shape index (κ1) is 13.8. The van der Waals surface area contributed by atoms with Crippen molar-refractivity contribution in [1.29, 1.82) is 0 Å². The highest BCUT2D eigenvalue weighted by Crippen LogP contribution is 2.20. The van der Waals surface area contributed by atoms with Gasteiger partial charge in [0.05, 0.1) is 12.4 Å². The third-order valence-corrected chi connectivity index (χ3v) is 3.26. The molecule has 5 heteroatoms. The molecule has 0 radical (unpaired) electrons. The van der Waals surface area contributed by atoms with Gasteiger partial charge in [-0.15, -0.1) is 0 Å². The number of anilines is 1. The number of aromatic nitrogens is 2. The SMILES string of the molecule is CC(C)CNC(=O)c1cnc(NC2CCCC2)cn1. The van der Waals surface area contributed by atoms with Crippen LogP contribution in [0.4, 0.5) is 5.82 Å². The van der Waals surface area contributed by atoms with Crippen molar-refractivity contribution in [2.75, 3.05) is 11.9 Å². The fourth-order valence-corrected chi connectivity index (χ4v) is 2.19. The number of hydrogen-bond acceptors (Lipinski definition) is 4. The lowest BCUT2D eigenvalue weighted by Gasteiger charge is -2.12. The Labute approximate surface area is 114 Å². The molecule has 0 aliphatic heterocycles. The Morgan fingerprint density at radius 2 is 2.05 bits per heavy atom. The maximum Gasteiger partial charge on any atom is 0.271 e. The molecule has 104 valence electrons. The van der Waals surface area contributed by atoms with E-state index in [4.69, 9.17) is 0 Å². The van der Waals surface area contributed by atoms with E-state index in [2.05, 4.69) is 34.4 Å². The molecule has 1 amide bonds. The molecule has 1 heterocycles. The summed E-state index contributed by atoms with van der Waals surface area (Å²) in [4.78, 5) is 20.2. The Bertz CT molecular complexity index is 410. The second-order valence-corrected chi connectivity index (χ2v) is 5.52. The lowest BCUT2D eigenvalue weighted by molar-refractivity contribution is 0.0943. The van der Waals surface area contributed by atoms with Crippen molar-refractivity contribution < 1.29 is 4.79 Å². The Kier molecular flexibility index (Phi) is 4.71. The Morgan fingerprint density at radius 3 is 2.63 bits per heavy atom. The number of amides is 1. The normalized spacial score (nSPS) is 15.7. The molecule has 5 nitrogen and oxygen atoms in total. The molecule has 19 heavy (non-hydrogen) atoms. The van der Waals surface area contributed by atoms with Crippen LogP contribution in [0.5, 0.6) is 0 Å². The maximum atomic E-state index is 11.8.